The molecule has 3 unspecified atom stereocenters. The Balaban J connectivity index is 2.18. The highest BCUT2D eigenvalue weighted by molar-refractivity contribution is 7.99. The molecule has 3 atom stereocenters. The van der Waals surface area contributed by atoms with Gasteiger partial charge in [-0.25, -0.2) is 0 Å². The minimum atomic E-state index is 0.799. The Labute approximate surface area is 113 Å². The molecule has 1 rings (SSSR count). The average molecular weight is 257 g/mol. The summed E-state index contributed by atoms with van der Waals surface area (Å²) in [5, 5.41) is 4.58. The van der Waals surface area contributed by atoms with Crippen LogP contribution in [0.15, 0.2) is 0 Å². The van der Waals surface area contributed by atoms with Crippen molar-refractivity contribution in [2.45, 2.75) is 70.6 Å². The lowest BCUT2D eigenvalue weighted by atomic mass is 9.89. The molecule has 0 aromatic carbocycles. The molecule has 0 amide bonds. The van der Waals surface area contributed by atoms with E-state index in [2.05, 4.69) is 32.3 Å². The maximum Gasteiger partial charge on any atom is 0.00671 e. The van der Waals surface area contributed by atoms with Crippen LogP contribution in [0.3, 0.4) is 0 Å². The third-order valence-corrected chi connectivity index (χ3v) is 5.38. The van der Waals surface area contributed by atoms with E-state index in [1.54, 1.807) is 0 Å². The molecule has 0 aliphatic heterocycles. The second kappa shape index (κ2) is 8.42. The van der Waals surface area contributed by atoms with Crippen molar-refractivity contribution in [3.63, 3.8) is 0 Å². The van der Waals surface area contributed by atoms with E-state index in [1.165, 1.54) is 45.1 Å². The molecule has 1 aliphatic carbocycles. The molecule has 0 radical (unpaired) electrons. The van der Waals surface area contributed by atoms with E-state index in [1.807, 2.05) is 11.8 Å². The lowest BCUT2D eigenvalue weighted by Crippen LogP contribution is -2.30. The van der Waals surface area contributed by atoms with Crippen LogP contribution in [0.1, 0.15) is 59.3 Å². The fourth-order valence-electron chi connectivity index (χ4n) is 2.81. The first-order valence-corrected chi connectivity index (χ1v) is 8.68. The summed E-state index contributed by atoms with van der Waals surface area (Å²) >= 11 is 1.98. The molecule has 1 saturated carbocycles. The molecule has 0 saturated heterocycles. The predicted molar refractivity (Wildman–Crippen MR) is 80.8 cm³/mol. The van der Waals surface area contributed by atoms with Crippen LogP contribution in [-0.2, 0) is 0 Å². The highest BCUT2D eigenvalue weighted by atomic mass is 32.2. The van der Waals surface area contributed by atoms with E-state index in [0.717, 1.165) is 23.1 Å². The van der Waals surface area contributed by atoms with Crippen molar-refractivity contribution in [1.82, 2.24) is 5.32 Å². The fourth-order valence-corrected chi connectivity index (χ4v) is 3.16. The number of hydrogen-bond donors (Lipinski definition) is 1. The molecule has 1 aliphatic rings. The first-order valence-electron chi connectivity index (χ1n) is 7.39. The highest BCUT2D eigenvalue weighted by Crippen LogP contribution is 2.28. The van der Waals surface area contributed by atoms with Crippen molar-refractivity contribution < 1.29 is 0 Å². The summed E-state index contributed by atoms with van der Waals surface area (Å²) in [6.07, 6.45) is 10.6. The molecule has 0 aromatic rings. The zero-order chi connectivity index (χ0) is 12.7. The van der Waals surface area contributed by atoms with Crippen molar-refractivity contribution in [2.24, 2.45) is 11.8 Å². The number of rotatable bonds is 6. The van der Waals surface area contributed by atoms with Crippen molar-refractivity contribution in [3.8, 4) is 0 Å². The summed E-state index contributed by atoms with van der Waals surface area (Å²) in [6, 6.07) is 0.799. The zero-order valence-electron chi connectivity index (χ0n) is 12.2. The van der Waals surface area contributed by atoms with E-state index in [4.69, 9.17) is 0 Å². The lowest BCUT2D eigenvalue weighted by Gasteiger charge is -2.19. The topological polar surface area (TPSA) is 12.0 Å². The van der Waals surface area contributed by atoms with Crippen LogP contribution < -0.4 is 5.32 Å². The number of nitrogens with one attached hydrogen (secondary N) is 1. The summed E-state index contributed by atoms with van der Waals surface area (Å²) < 4.78 is 0. The molecule has 0 heterocycles. The monoisotopic (exact) mass is 257 g/mol. The molecular formula is C15H31NS. The fraction of sp³-hybridized carbons (Fsp3) is 1.00. The van der Waals surface area contributed by atoms with Gasteiger partial charge in [-0.1, -0.05) is 33.6 Å². The van der Waals surface area contributed by atoms with Gasteiger partial charge in [0.1, 0.15) is 0 Å². The number of hydrogen-bond acceptors (Lipinski definition) is 2. The van der Waals surface area contributed by atoms with E-state index in [9.17, 15) is 0 Å². The van der Waals surface area contributed by atoms with Gasteiger partial charge in [-0.2, -0.15) is 11.8 Å². The minimum Gasteiger partial charge on any atom is -0.314 e. The van der Waals surface area contributed by atoms with Gasteiger partial charge in [-0.15, -0.1) is 0 Å². The normalized spacial score (nSPS) is 28.1. The Morgan fingerprint density at radius 3 is 2.53 bits per heavy atom. The van der Waals surface area contributed by atoms with Gasteiger partial charge in [-0.3, -0.25) is 0 Å². The number of thioether (sulfide) groups is 1. The Morgan fingerprint density at radius 2 is 1.88 bits per heavy atom. The van der Waals surface area contributed by atoms with Gasteiger partial charge in [0.15, 0.2) is 0 Å². The van der Waals surface area contributed by atoms with Crippen LogP contribution in [0.4, 0.5) is 0 Å². The maximum absolute atomic E-state index is 3.77. The van der Waals surface area contributed by atoms with Gasteiger partial charge >= 0.3 is 0 Å². The smallest absolute Gasteiger partial charge is 0.00671 e. The highest BCUT2D eigenvalue weighted by Gasteiger charge is 2.20. The second-order valence-electron chi connectivity index (χ2n) is 6.00. The average Bonchev–Trinajstić information content (AvgIpc) is 2.54. The van der Waals surface area contributed by atoms with Crippen molar-refractivity contribution in [2.75, 3.05) is 12.8 Å². The summed E-state index contributed by atoms with van der Waals surface area (Å²) in [5.74, 6) is 1.86. The minimum absolute atomic E-state index is 0.799. The van der Waals surface area contributed by atoms with Crippen LogP contribution in [0.25, 0.3) is 0 Å². The van der Waals surface area contributed by atoms with Crippen LogP contribution in [0.5, 0.6) is 0 Å². The molecule has 0 aromatic heterocycles. The largest absolute Gasteiger partial charge is 0.314 e. The molecular weight excluding hydrogens is 226 g/mol. The van der Waals surface area contributed by atoms with Gasteiger partial charge in [0, 0.05) is 11.3 Å². The first kappa shape index (κ1) is 15.4. The van der Waals surface area contributed by atoms with Crippen LogP contribution in [0, 0.1) is 11.8 Å². The quantitative estimate of drug-likeness (QED) is 0.711. The standard InChI is InChI=1S/C15H31NS/c1-12(2)14-6-5-7-15(9-8-14)16-11-10-13(3)17-4/h12-16H,5-11H2,1-4H3. The summed E-state index contributed by atoms with van der Waals surface area (Å²) in [7, 11) is 0. The van der Waals surface area contributed by atoms with Gasteiger partial charge in [-0.05, 0) is 50.3 Å². The van der Waals surface area contributed by atoms with Gasteiger partial charge in [0.25, 0.3) is 0 Å². The van der Waals surface area contributed by atoms with E-state index in [-0.39, 0.29) is 0 Å². The lowest BCUT2D eigenvalue weighted by molar-refractivity contribution is 0.338. The Hall–Kier alpha value is 0.310. The molecule has 0 spiro atoms. The van der Waals surface area contributed by atoms with Crippen molar-refractivity contribution in [3.05, 3.63) is 0 Å². The molecule has 1 N–H and O–H groups in total. The van der Waals surface area contributed by atoms with Crippen LogP contribution >= 0.6 is 11.8 Å². The SMILES string of the molecule is CSC(C)CCNC1CCCC(C(C)C)CC1. The Morgan fingerprint density at radius 1 is 1.12 bits per heavy atom. The van der Waals surface area contributed by atoms with E-state index < -0.39 is 0 Å². The van der Waals surface area contributed by atoms with Crippen LogP contribution in [-0.4, -0.2) is 24.1 Å². The van der Waals surface area contributed by atoms with Gasteiger partial charge in [0.2, 0.25) is 0 Å². The molecule has 17 heavy (non-hydrogen) atoms. The van der Waals surface area contributed by atoms with Crippen LogP contribution in [0.2, 0.25) is 0 Å². The Kier molecular flexibility index (Phi) is 7.61. The molecule has 2 heteroatoms. The first-order chi connectivity index (χ1) is 8.13. The molecule has 1 fully saturated rings. The van der Waals surface area contributed by atoms with Gasteiger partial charge < -0.3 is 5.32 Å². The van der Waals surface area contributed by atoms with Gasteiger partial charge in [0.05, 0.1) is 0 Å². The van der Waals surface area contributed by atoms with E-state index in [0.29, 0.717) is 0 Å². The summed E-state index contributed by atoms with van der Waals surface area (Å²) in [6.45, 7) is 8.31. The van der Waals surface area contributed by atoms with E-state index >= 15 is 0 Å². The third kappa shape index (κ3) is 6.15. The summed E-state index contributed by atoms with van der Waals surface area (Å²) in [4.78, 5) is 0. The molecule has 0 bridgehead atoms. The van der Waals surface area contributed by atoms with Crippen molar-refractivity contribution in [1.29, 1.82) is 0 Å². The second-order valence-corrected chi connectivity index (χ2v) is 7.27. The summed E-state index contributed by atoms with van der Waals surface area (Å²) in [5.41, 5.74) is 0. The maximum atomic E-state index is 3.77. The third-order valence-electron chi connectivity index (χ3n) is 4.34. The molecule has 1 nitrogen and oxygen atoms in total. The molecule has 102 valence electrons. The predicted octanol–water partition coefficient (Wildman–Crippen LogP) is 4.32. The zero-order valence-corrected chi connectivity index (χ0v) is 13.0. The Bertz CT molecular complexity index is 193. The van der Waals surface area contributed by atoms with Crippen molar-refractivity contribution >= 4 is 11.8 Å².